The molecule has 0 spiro atoms. The van der Waals surface area contributed by atoms with Gasteiger partial charge in [-0.15, -0.1) is 0 Å². The minimum Gasteiger partial charge on any atom is -0.463 e. The van der Waals surface area contributed by atoms with Gasteiger partial charge in [-0.2, -0.15) is 0 Å². The normalized spacial score (nSPS) is 22.9. The fourth-order valence-electron chi connectivity index (χ4n) is 3.28. The van der Waals surface area contributed by atoms with E-state index in [0.717, 1.165) is 49.5 Å². The molecule has 1 aromatic rings. The van der Waals surface area contributed by atoms with Crippen LogP contribution in [0, 0.1) is 12.8 Å². The smallest absolute Gasteiger partial charge is 0.120 e. The van der Waals surface area contributed by atoms with E-state index in [1.807, 2.05) is 0 Å². The fraction of sp³-hybridized carbons (Fsp3) is 0.778. The van der Waals surface area contributed by atoms with E-state index in [0.29, 0.717) is 0 Å². The van der Waals surface area contributed by atoms with Crippen LogP contribution in [0.15, 0.2) is 10.5 Å². The molecule has 1 aliphatic rings. The first kappa shape index (κ1) is 16.6. The van der Waals surface area contributed by atoms with E-state index in [4.69, 9.17) is 4.42 Å². The summed E-state index contributed by atoms with van der Waals surface area (Å²) in [5.41, 5.74) is 1.28. The third kappa shape index (κ3) is 4.86. The zero-order valence-electron chi connectivity index (χ0n) is 14.2. The first-order valence-corrected chi connectivity index (χ1v) is 8.59. The molecular formula is C18H32N2O. The highest BCUT2D eigenvalue weighted by molar-refractivity contribution is 5.20. The Kier molecular flexibility index (Phi) is 6.31. The summed E-state index contributed by atoms with van der Waals surface area (Å²) in [6, 6.07) is 2.94. The Morgan fingerprint density at radius 2 is 2.00 bits per heavy atom. The van der Waals surface area contributed by atoms with Gasteiger partial charge in [0.05, 0.1) is 13.1 Å². The highest BCUT2D eigenvalue weighted by Gasteiger charge is 2.22. The molecule has 0 unspecified atom stereocenters. The van der Waals surface area contributed by atoms with Crippen molar-refractivity contribution in [3.05, 3.63) is 23.2 Å². The lowest BCUT2D eigenvalue weighted by Gasteiger charge is -2.33. The van der Waals surface area contributed by atoms with Gasteiger partial charge < -0.3 is 9.73 Å². The Morgan fingerprint density at radius 3 is 2.67 bits per heavy atom. The Labute approximate surface area is 130 Å². The molecule has 1 aliphatic carbocycles. The van der Waals surface area contributed by atoms with Crippen LogP contribution >= 0.6 is 0 Å². The molecular weight excluding hydrogens is 260 g/mol. The molecule has 0 saturated heterocycles. The van der Waals surface area contributed by atoms with E-state index in [-0.39, 0.29) is 0 Å². The predicted molar refractivity (Wildman–Crippen MR) is 88.3 cm³/mol. The minimum atomic E-state index is 0.730. The van der Waals surface area contributed by atoms with Crippen molar-refractivity contribution in [3.8, 4) is 0 Å². The topological polar surface area (TPSA) is 28.4 Å². The van der Waals surface area contributed by atoms with E-state index in [9.17, 15) is 0 Å². The molecule has 3 nitrogen and oxygen atoms in total. The lowest BCUT2D eigenvalue weighted by Crippen LogP contribution is -2.34. The van der Waals surface area contributed by atoms with Gasteiger partial charge in [-0.05, 0) is 70.2 Å². The number of hydrogen-bond donors (Lipinski definition) is 1. The van der Waals surface area contributed by atoms with Crippen molar-refractivity contribution in [1.29, 1.82) is 0 Å². The van der Waals surface area contributed by atoms with Crippen molar-refractivity contribution in [2.75, 3.05) is 13.6 Å². The summed E-state index contributed by atoms with van der Waals surface area (Å²) >= 11 is 0. The van der Waals surface area contributed by atoms with Crippen molar-refractivity contribution in [2.45, 2.75) is 72.0 Å². The predicted octanol–water partition coefficient (Wildman–Crippen LogP) is 4.10. The second-order valence-corrected chi connectivity index (χ2v) is 6.82. The number of rotatable bonds is 7. The Hall–Kier alpha value is -0.800. The minimum absolute atomic E-state index is 0.730. The summed E-state index contributed by atoms with van der Waals surface area (Å²) < 4.78 is 6.04. The molecule has 21 heavy (non-hydrogen) atoms. The number of aryl methyl sites for hydroxylation is 1. The lowest BCUT2D eigenvalue weighted by atomic mass is 9.87. The maximum atomic E-state index is 6.04. The zero-order chi connectivity index (χ0) is 15.2. The van der Waals surface area contributed by atoms with E-state index in [1.54, 1.807) is 0 Å². The summed E-state index contributed by atoms with van der Waals surface area (Å²) in [5, 5.41) is 3.42. The molecule has 0 atom stereocenters. The van der Waals surface area contributed by atoms with E-state index < -0.39 is 0 Å². The standard InChI is InChI=1S/C18H32N2O/c1-5-10-19-12-18-15(3)11-17(21-18)13-20(4)16-8-6-14(2)7-9-16/h11,14,16,19H,5-10,12-13H2,1-4H3. The largest absolute Gasteiger partial charge is 0.463 e. The second-order valence-electron chi connectivity index (χ2n) is 6.82. The average Bonchev–Trinajstić information content (AvgIpc) is 2.80. The van der Waals surface area contributed by atoms with Crippen LogP contribution in [-0.4, -0.2) is 24.5 Å². The van der Waals surface area contributed by atoms with Crippen molar-refractivity contribution in [1.82, 2.24) is 10.2 Å². The molecule has 0 aromatic carbocycles. The van der Waals surface area contributed by atoms with Crippen LogP contribution < -0.4 is 5.32 Å². The van der Waals surface area contributed by atoms with Gasteiger partial charge in [0.1, 0.15) is 11.5 Å². The van der Waals surface area contributed by atoms with Crippen LogP contribution in [0.1, 0.15) is 63.0 Å². The van der Waals surface area contributed by atoms with Crippen molar-refractivity contribution in [2.24, 2.45) is 5.92 Å². The SMILES string of the molecule is CCCNCc1oc(CN(C)C2CCC(C)CC2)cc1C. The summed E-state index contributed by atoms with van der Waals surface area (Å²) in [5.74, 6) is 3.13. The molecule has 120 valence electrons. The first-order chi connectivity index (χ1) is 10.1. The molecule has 1 saturated carbocycles. The van der Waals surface area contributed by atoms with Gasteiger partial charge in [-0.25, -0.2) is 0 Å². The van der Waals surface area contributed by atoms with Crippen LogP contribution in [0.2, 0.25) is 0 Å². The van der Waals surface area contributed by atoms with Crippen LogP contribution in [0.25, 0.3) is 0 Å². The van der Waals surface area contributed by atoms with Crippen LogP contribution in [0.5, 0.6) is 0 Å². The number of nitrogens with zero attached hydrogens (tertiary/aromatic N) is 1. The van der Waals surface area contributed by atoms with Crippen LogP contribution in [0.4, 0.5) is 0 Å². The highest BCUT2D eigenvalue weighted by atomic mass is 16.3. The monoisotopic (exact) mass is 292 g/mol. The van der Waals surface area contributed by atoms with E-state index in [1.165, 1.54) is 31.2 Å². The fourth-order valence-corrected chi connectivity index (χ4v) is 3.28. The maximum absolute atomic E-state index is 6.04. The van der Waals surface area contributed by atoms with Gasteiger partial charge in [0.15, 0.2) is 0 Å². The molecule has 1 heterocycles. The zero-order valence-corrected chi connectivity index (χ0v) is 14.2. The number of hydrogen-bond acceptors (Lipinski definition) is 3. The molecule has 1 aromatic heterocycles. The molecule has 0 amide bonds. The number of furan rings is 1. The van der Waals surface area contributed by atoms with Crippen LogP contribution in [-0.2, 0) is 13.1 Å². The van der Waals surface area contributed by atoms with Crippen molar-refractivity contribution >= 4 is 0 Å². The summed E-state index contributed by atoms with van der Waals surface area (Å²) in [7, 11) is 2.24. The third-order valence-corrected chi connectivity index (χ3v) is 4.80. The molecule has 1 fully saturated rings. The first-order valence-electron chi connectivity index (χ1n) is 8.59. The third-order valence-electron chi connectivity index (χ3n) is 4.80. The van der Waals surface area contributed by atoms with Gasteiger partial charge in [0, 0.05) is 6.04 Å². The van der Waals surface area contributed by atoms with Gasteiger partial charge >= 0.3 is 0 Å². The Morgan fingerprint density at radius 1 is 1.29 bits per heavy atom. The molecule has 0 bridgehead atoms. The Bertz CT molecular complexity index is 419. The average molecular weight is 292 g/mol. The van der Waals surface area contributed by atoms with Gasteiger partial charge in [0.25, 0.3) is 0 Å². The summed E-state index contributed by atoms with van der Waals surface area (Å²) in [6.45, 7) is 9.56. The summed E-state index contributed by atoms with van der Waals surface area (Å²) in [4.78, 5) is 2.48. The van der Waals surface area contributed by atoms with E-state index >= 15 is 0 Å². The maximum Gasteiger partial charge on any atom is 0.120 e. The number of nitrogens with one attached hydrogen (secondary N) is 1. The Balaban J connectivity index is 1.86. The highest BCUT2D eigenvalue weighted by Crippen LogP contribution is 2.27. The summed E-state index contributed by atoms with van der Waals surface area (Å²) in [6.07, 6.45) is 6.58. The molecule has 0 radical (unpaired) electrons. The van der Waals surface area contributed by atoms with Gasteiger partial charge in [-0.1, -0.05) is 13.8 Å². The molecule has 3 heteroatoms. The van der Waals surface area contributed by atoms with Crippen molar-refractivity contribution < 1.29 is 4.42 Å². The molecule has 2 rings (SSSR count). The van der Waals surface area contributed by atoms with Gasteiger partial charge in [-0.3, -0.25) is 4.90 Å². The lowest BCUT2D eigenvalue weighted by molar-refractivity contribution is 0.154. The second kappa shape index (κ2) is 8.00. The van der Waals surface area contributed by atoms with Gasteiger partial charge in [0.2, 0.25) is 0 Å². The quantitative estimate of drug-likeness (QED) is 0.767. The molecule has 1 N–H and O–H groups in total. The van der Waals surface area contributed by atoms with Crippen LogP contribution in [0.3, 0.4) is 0 Å². The van der Waals surface area contributed by atoms with E-state index in [2.05, 4.69) is 44.1 Å². The van der Waals surface area contributed by atoms with Crippen molar-refractivity contribution in [3.63, 3.8) is 0 Å². The molecule has 0 aliphatic heterocycles.